The summed E-state index contributed by atoms with van der Waals surface area (Å²) < 4.78 is 0.960. The second kappa shape index (κ2) is 13.1. The normalized spacial score (nSPS) is 9.71. The number of hydrogen-bond donors (Lipinski definition) is 1. The van der Waals surface area contributed by atoms with Gasteiger partial charge < -0.3 is 0 Å². The van der Waals surface area contributed by atoms with Gasteiger partial charge in [-0.15, -0.1) is 0 Å². The van der Waals surface area contributed by atoms with Crippen LogP contribution in [0.25, 0.3) is 22.8 Å². The molecule has 0 fully saturated rings. The van der Waals surface area contributed by atoms with Crippen LogP contribution in [-0.2, 0) is 16.4 Å². The number of aromatic nitrogens is 6. The van der Waals surface area contributed by atoms with Gasteiger partial charge in [0.25, 0.3) is 0 Å². The van der Waals surface area contributed by atoms with Crippen molar-refractivity contribution in [2.45, 2.75) is 0 Å². The van der Waals surface area contributed by atoms with E-state index in [1.165, 1.54) is 0 Å². The molecule has 0 aliphatic carbocycles. The molecule has 5 aromatic heterocycles. The molecule has 0 aliphatic rings. The van der Waals surface area contributed by atoms with Gasteiger partial charge in [-0.25, -0.2) is 0 Å². The standard InChI is InChI=1S/2C10H8N2.C3H3N2.ClH.Os/c2*1-3-7-11-9(5-1)10-6-2-4-8-12-10;1-2-5-3-4-1;;/h2*1-8H;1-2H,(H,4,5);1H;/q;;;;+1/p-1. The number of aromatic amines is 1. The summed E-state index contributed by atoms with van der Waals surface area (Å²) in [5.41, 5.74) is 3.66. The van der Waals surface area contributed by atoms with Gasteiger partial charge in [0.15, 0.2) is 0 Å². The van der Waals surface area contributed by atoms with Gasteiger partial charge in [-0.05, 0) is 48.5 Å². The molecule has 1 N–H and O–H groups in total. The molecular weight excluding hydrogens is 586 g/mol. The fourth-order valence-electron chi connectivity index (χ4n) is 2.34. The second-order valence-corrected chi connectivity index (χ2v) is 8.57. The summed E-state index contributed by atoms with van der Waals surface area (Å²) in [7, 11) is 5.51. The molecule has 156 valence electrons. The Hall–Kier alpha value is -3.26. The molecule has 0 spiro atoms. The average Bonchev–Trinajstić information content (AvgIpc) is 3.41. The number of pyridine rings is 4. The molecule has 5 rings (SSSR count). The van der Waals surface area contributed by atoms with E-state index in [1.54, 1.807) is 37.2 Å². The fraction of sp³-hybridized carbons (Fsp3) is 0. The third-order valence-corrected chi connectivity index (χ3v) is 5.89. The van der Waals surface area contributed by atoms with Crippen LogP contribution in [0.3, 0.4) is 0 Å². The monoisotopic (exact) mass is 606 g/mol. The van der Waals surface area contributed by atoms with Gasteiger partial charge in [0.05, 0.1) is 22.8 Å². The predicted octanol–water partition coefficient (Wildman–Crippen LogP) is 4.56. The first kappa shape index (κ1) is 22.4. The van der Waals surface area contributed by atoms with Crippen molar-refractivity contribution >= 4 is 14.0 Å². The van der Waals surface area contributed by atoms with Crippen LogP contribution in [-0.4, -0.2) is 29.9 Å². The van der Waals surface area contributed by atoms with Crippen LogP contribution in [0.4, 0.5) is 0 Å². The van der Waals surface area contributed by atoms with Crippen molar-refractivity contribution in [3.8, 4) is 22.8 Å². The van der Waals surface area contributed by atoms with Gasteiger partial charge in [-0.1, -0.05) is 24.3 Å². The van der Waals surface area contributed by atoms with E-state index in [0.717, 1.165) is 27.2 Å². The van der Waals surface area contributed by atoms with Crippen LogP contribution in [0.2, 0.25) is 0 Å². The van der Waals surface area contributed by atoms with Crippen molar-refractivity contribution in [2.75, 3.05) is 0 Å². The summed E-state index contributed by atoms with van der Waals surface area (Å²) in [5.74, 6) is 0. The molecule has 0 amide bonds. The number of rotatable bonds is 3. The number of hydrogen-bond acceptors (Lipinski definition) is 5. The van der Waals surface area contributed by atoms with E-state index in [0.29, 0.717) is 0 Å². The van der Waals surface area contributed by atoms with Crippen LogP contribution < -0.4 is 4.38 Å². The quantitative estimate of drug-likeness (QED) is 0.327. The van der Waals surface area contributed by atoms with E-state index in [2.05, 4.69) is 29.9 Å². The molecular formula is C23H19ClN6Os. The van der Waals surface area contributed by atoms with Gasteiger partial charge in [-0.2, -0.15) is 0 Å². The van der Waals surface area contributed by atoms with Crippen molar-refractivity contribution in [3.05, 3.63) is 110 Å². The molecule has 0 saturated heterocycles. The van der Waals surface area contributed by atoms with Crippen LogP contribution in [0, 0.1) is 0 Å². The maximum atomic E-state index is 5.51. The molecule has 8 heteroatoms. The number of nitrogens with one attached hydrogen (secondary N) is 1. The first-order valence-electron chi connectivity index (χ1n) is 9.25. The molecule has 0 unspecified atom stereocenters. The topological polar surface area (TPSA) is 80.2 Å². The molecule has 6 nitrogen and oxygen atoms in total. The summed E-state index contributed by atoms with van der Waals surface area (Å²) in [6.07, 6.45) is 10.6. The second-order valence-electron chi connectivity index (χ2n) is 5.80. The Bertz CT molecular complexity index is 946. The van der Waals surface area contributed by atoms with E-state index >= 15 is 0 Å². The zero-order chi connectivity index (χ0) is 21.6. The van der Waals surface area contributed by atoms with Crippen molar-refractivity contribution in [1.29, 1.82) is 0 Å². The zero-order valence-electron chi connectivity index (χ0n) is 16.4. The first-order chi connectivity index (χ1) is 15.4. The van der Waals surface area contributed by atoms with Crippen molar-refractivity contribution < 1.29 is 16.4 Å². The Labute approximate surface area is 192 Å². The predicted molar refractivity (Wildman–Crippen MR) is 119 cm³/mol. The number of halogens is 1. The molecule has 5 aromatic rings. The van der Waals surface area contributed by atoms with E-state index in [4.69, 9.17) is 9.64 Å². The summed E-state index contributed by atoms with van der Waals surface area (Å²) in [5, 5.41) is 0. The maximum Gasteiger partial charge on any atom is 0.0886 e. The summed E-state index contributed by atoms with van der Waals surface area (Å²) in [6, 6.07) is 23.2. The van der Waals surface area contributed by atoms with Crippen LogP contribution in [0.15, 0.2) is 110 Å². The van der Waals surface area contributed by atoms with Gasteiger partial charge in [-0.3, -0.25) is 19.9 Å². The zero-order valence-corrected chi connectivity index (χ0v) is 19.7. The smallest absolute Gasteiger partial charge is 0.0886 e. The minimum Gasteiger partial charge on any atom is -0.255 e. The fourth-order valence-corrected chi connectivity index (χ4v) is 3.60. The van der Waals surface area contributed by atoms with Crippen molar-refractivity contribution in [1.82, 2.24) is 29.9 Å². The minimum absolute atomic E-state index is 0.561. The van der Waals surface area contributed by atoms with E-state index in [9.17, 15) is 0 Å². The molecule has 0 atom stereocenters. The summed E-state index contributed by atoms with van der Waals surface area (Å²) >= 11 is -0.561. The van der Waals surface area contributed by atoms with Gasteiger partial charge in [0.2, 0.25) is 0 Å². The van der Waals surface area contributed by atoms with Gasteiger partial charge >= 0.3 is 52.8 Å². The molecule has 31 heavy (non-hydrogen) atoms. The van der Waals surface area contributed by atoms with Gasteiger partial charge in [0, 0.05) is 24.8 Å². The molecule has 0 aliphatic heterocycles. The number of imidazole rings is 1. The third kappa shape index (κ3) is 7.82. The summed E-state index contributed by atoms with van der Waals surface area (Å²) in [4.78, 5) is 23.6. The number of H-pyrrole nitrogens is 1. The average molecular weight is 605 g/mol. The Balaban J connectivity index is 0.000000137. The molecule has 0 bridgehead atoms. The SMILES string of the molecule is [Cl][Os][c]1ncc[nH]1.c1ccc(-c2ccccn2)nc1.c1ccc(-c2ccccn2)nc1. The largest absolute Gasteiger partial charge is 0.255 e. The minimum atomic E-state index is -0.561. The van der Waals surface area contributed by atoms with Crippen LogP contribution in [0.5, 0.6) is 0 Å². The number of nitrogens with zero attached hydrogens (tertiary/aromatic N) is 5. The van der Waals surface area contributed by atoms with Crippen LogP contribution in [0.1, 0.15) is 0 Å². The first-order valence-corrected chi connectivity index (χ1v) is 13.7. The Morgan fingerprint density at radius 3 is 1.10 bits per heavy atom. The van der Waals surface area contributed by atoms with E-state index < -0.39 is 16.4 Å². The van der Waals surface area contributed by atoms with E-state index in [-0.39, 0.29) is 0 Å². The Kier molecular flexibility index (Phi) is 9.49. The van der Waals surface area contributed by atoms with E-state index in [1.807, 2.05) is 72.8 Å². The van der Waals surface area contributed by atoms with Crippen molar-refractivity contribution in [2.24, 2.45) is 0 Å². The molecule has 5 heterocycles. The third-order valence-electron chi connectivity index (χ3n) is 3.71. The van der Waals surface area contributed by atoms with Crippen LogP contribution >= 0.6 is 9.64 Å². The molecule has 0 saturated carbocycles. The summed E-state index contributed by atoms with van der Waals surface area (Å²) in [6.45, 7) is 0. The Morgan fingerprint density at radius 1 is 0.516 bits per heavy atom. The molecule has 0 aromatic carbocycles. The molecule has 0 radical (unpaired) electrons. The van der Waals surface area contributed by atoms with Gasteiger partial charge in [0.1, 0.15) is 0 Å². The van der Waals surface area contributed by atoms with Crippen molar-refractivity contribution in [3.63, 3.8) is 0 Å². The maximum absolute atomic E-state index is 5.51. The Morgan fingerprint density at radius 2 is 0.903 bits per heavy atom.